The summed E-state index contributed by atoms with van der Waals surface area (Å²) in [6.45, 7) is 0. The maximum Gasteiger partial charge on any atom is 0.258 e. The molecule has 0 aliphatic rings. The van der Waals surface area contributed by atoms with E-state index in [0.717, 1.165) is 5.75 Å². The molecule has 3 aromatic rings. The number of anilines is 1. The van der Waals surface area contributed by atoms with Gasteiger partial charge in [-0.05, 0) is 60.7 Å². The van der Waals surface area contributed by atoms with Crippen LogP contribution in [0.25, 0.3) is 0 Å². The maximum absolute atomic E-state index is 12.2. The van der Waals surface area contributed by atoms with Crippen LogP contribution >= 0.6 is 11.6 Å². The van der Waals surface area contributed by atoms with Crippen molar-refractivity contribution in [1.82, 2.24) is 4.98 Å². The highest BCUT2D eigenvalue weighted by atomic mass is 35.5. The molecule has 1 N–H and O–H groups in total. The fourth-order valence-electron chi connectivity index (χ4n) is 2.14. The highest BCUT2D eigenvalue weighted by Gasteiger charge is 2.10. The molecule has 0 saturated heterocycles. The molecular weight excluding hydrogens is 340 g/mol. The van der Waals surface area contributed by atoms with Crippen molar-refractivity contribution in [1.29, 1.82) is 0 Å². The Morgan fingerprint density at radius 3 is 2.16 bits per heavy atom. The Hall–Kier alpha value is -3.05. The number of pyridine rings is 1. The highest BCUT2D eigenvalue weighted by Crippen LogP contribution is 2.25. The quantitative estimate of drug-likeness (QED) is 0.669. The lowest BCUT2D eigenvalue weighted by Crippen LogP contribution is -2.12. The molecule has 1 aromatic heterocycles. The Balaban J connectivity index is 1.65. The molecule has 0 aliphatic carbocycles. The van der Waals surface area contributed by atoms with Crippen LogP contribution in [-0.4, -0.2) is 18.0 Å². The number of amides is 1. The molecule has 126 valence electrons. The van der Waals surface area contributed by atoms with Crippen LogP contribution in [0.1, 0.15) is 10.4 Å². The number of aromatic nitrogens is 1. The third-order valence-corrected chi connectivity index (χ3v) is 3.71. The van der Waals surface area contributed by atoms with E-state index in [-0.39, 0.29) is 11.1 Å². The largest absolute Gasteiger partial charge is 0.497 e. The van der Waals surface area contributed by atoms with Gasteiger partial charge in [-0.25, -0.2) is 4.98 Å². The van der Waals surface area contributed by atoms with Gasteiger partial charge in [-0.3, -0.25) is 4.79 Å². The minimum absolute atomic E-state index is 0.166. The number of carbonyl (C=O) groups excluding carboxylic acids is 1. The summed E-state index contributed by atoms with van der Waals surface area (Å²) >= 11 is 5.92. The summed E-state index contributed by atoms with van der Waals surface area (Å²) < 4.78 is 10.8. The Kier molecular flexibility index (Phi) is 5.16. The lowest BCUT2D eigenvalue weighted by molar-refractivity contribution is 0.102. The number of hydrogen-bond acceptors (Lipinski definition) is 4. The molecule has 6 heteroatoms. The maximum atomic E-state index is 12.2. The molecule has 0 bridgehead atoms. The first kappa shape index (κ1) is 16.8. The molecule has 0 unspecified atom stereocenters. The molecule has 0 atom stereocenters. The van der Waals surface area contributed by atoms with Gasteiger partial charge in [0.15, 0.2) is 0 Å². The molecule has 0 saturated carbocycles. The zero-order valence-electron chi connectivity index (χ0n) is 13.4. The van der Waals surface area contributed by atoms with Crippen LogP contribution in [-0.2, 0) is 0 Å². The Morgan fingerprint density at radius 2 is 1.56 bits per heavy atom. The fraction of sp³-hybridized carbons (Fsp3) is 0.0526. The summed E-state index contributed by atoms with van der Waals surface area (Å²) in [6.07, 6.45) is 1.53. The number of rotatable bonds is 5. The number of ether oxygens (including phenoxy) is 2. The molecule has 0 spiro atoms. The monoisotopic (exact) mass is 354 g/mol. The van der Waals surface area contributed by atoms with Gasteiger partial charge in [-0.15, -0.1) is 0 Å². The lowest BCUT2D eigenvalue weighted by Gasteiger charge is -2.09. The summed E-state index contributed by atoms with van der Waals surface area (Å²) in [5.74, 6) is 1.80. The van der Waals surface area contributed by atoms with Crippen molar-refractivity contribution in [3.05, 3.63) is 77.6 Å². The Labute approximate surface area is 150 Å². The van der Waals surface area contributed by atoms with Gasteiger partial charge in [-0.2, -0.15) is 0 Å². The number of benzene rings is 2. The van der Waals surface area contributed by atoms with E-state index in [2.05, 4.69) is 10.3 Å². The standard InChI is InChI=1S/C19H15ClN2O3/c1-24-14-8-10-16(11-9-14)25-15-6-4-13(5-7-15)22-19(23)17-3-2-12-21-18(17)20/h2-12H,1H3,(H,22,23). The number of nitrogens with one attached hydrogen (secondary N) is 1. The van der Waals surface area contributed by atoms with E-state index >= 15 is 0 Å². The Bertz CT molecular complexity index is 865. The third kappa shape index (κ3) is 4.28. The molecular formula is C19H15ClN2O3. The Morgan fingerprint density at radius 1 is 0.960 bits per heavy atom. The molecule has 25 heavy (non-hydrogen) atoms. The summed E-state index contributed by atoms with van der Waals surface area (Å²) in [5, 5.41) is 2.94. The van der Waals surface area contributed by atoms with Gasteiger partial charge in [-0.1, -0.05) is 11.6 Å². The number of carbonyl (C=O) groups is 1. The molecule has 2 aromatic carbocycles. The molecule has 1 amide bonds. The first-order valence-electron chi connectivity index (χ1n) is 7.49. The molecule has 5 nitrogen and oxygen atoms in total. The minimum Gasteiger partial charge on any atom is -0.497 e. The van der Waals surface area contributed by atoms with Gasteiger partial charge in [0.2, 0.25) is 0 Å². The van der Waals surface area contributed by atoms with E-state index in [4.69, 9.17) is 21.1 Å². The van der Waals surface area contributed by atoms with Crippen molar-refractivity contribution in [3.8, 4) is 17.2 Å². The smallest absolute Gasteiger partial charge is 0.258 e. The van der Waals surface area contributed by atoms with E-state index in [1.54, 1.807) is 43.5 Å². The predicted molar refractivity (Wildman–Crippen MR) is 96.7 cm³/mol. The number of halogens is 1. The molecule has 1 heterocycles. The van der Waals surface area contributed by atoms with Crippen LogP contribution in [0.3, 0.4) is 0 Å². The molecule has 0 fully saturated rings. The van der Waals surface area contributed by atoms with Gasteiger partial charge in [0.1, 0.15) is 22.4 Å². The second kappa shape index (κ2) is 7.68. The zero-order valence-corrected chi connectivity index (χ0v) is 14.2. The first-order chi connectivity index (χ1) is 12.2. The van der Waals surface area contributed by atoms with E-state index in [9.17, 15) is 4.79 Å². The van der Waals surface area contributed by atoms with Crippen molar-refractivity contribution in [2.24, 2.45) is 0 Å². The summed E-state index contributed by atoms with van der Waals surface area (Å²) in [7, 11) is 1.61. The number of nitrogens with zero attached hydrogens (tertiary/aromatic N) is 1. The van der Waals surface area contributed by atoms with Crippen LogP contribution in [0.2, 0.25) is 5.15 Å². The number of methoxy groups -OCH3 is 1. The van der Waals surface area contributed by atoms with Crippen molar-refractivity contribution >= 4 is 23.2 Å². The second-order valence-corrected chi connectivity index (χ2v) is 5.46. The normalized spacial score (nSPS) is 10.2. The van der Waals surface area contributed by atoms with Gasteiger partial charge in [0, 0.05) is 11.9 Å². The van der Waals surface area contributed by atoms with Crippen LogP contribution in [0.4, 0.5) is 5.69 Å². The molecule has 3 rings (SSSR count). The van der Waals surface area contributed by atoms with E-state index in [1.165, 1.54) is 6.20 Å². The van der Waals surface area contributed by atoms with Gasteiger partial charge >= 0.3 is 0 Å². The topological polar surface area (TPSA) is 60.5 Å². The SMILES string of the molecule is COc1ccc(Oc2ccc(NC(=O)c3cccnc3Cl)cc2)cc1. The summed E-state index contributed by atoms with van der Waals surface area (Å²) in [6, 6.07) is 17.6. The highest BCUT2D eigenvalue weighted by molar-refractivity contribution is 6.33. The number of hydrogen-bond donors (Lipinski definition) is 1. The van der Waals surface area contributed by atoms with Crippen LogP contribution in [0, 0.1) is 0 Å². The van der Waals surface area contributed by atoms with Crippen molar-refractivity contribution in [2.45, 2.75) is 0 Å². The van der Waals surface area contributed by atoms with E-state index in [0.29, 0.717) is 22.7 Å². The van der Waals surface area contributed by atoms with E-state index < -0.39 is 0 Å². The average Bonchev–Trinajstić information content (AvgIpc) is 2.64. The predicted octanol–water partition coefficient (Wildman–Crippen LogP) is 4.79. The minimum atomic E-state index is -0.318. The third-order valence-electron chi connectivity index (χ3n) is 3.41. The van der Waals surface area contributed by atoms with Crippen molar-refractivity contribution in [3.63, 3.8) is 0 Å². The fourth-order valence-corrected chi connectivity index (χ4v) is 2.35. The summed E-state index contributed by atoms with van der Waals surface area (Å²) in [5.41, 5.74) is 0.953. The first-order valence-corrected chi connectivity index (χ1v) is 7.87. The average molecular weight is 355 g/mol. The van der Waals surface area contributed by atoms with Crippen LogP contribution in [0.15, 0.2) is 66.9 Å². The van der Waals surface area contributed by atoms with Crippen LogP contribution < -0.4 is 14.8 Å². The van der Waals surface area contributed by atoms with E-state index in [1.807, 2.05) is 24.3 Å². The molecule has 0 aliphatic heterocycles. The van der Waals surface area contributed by atoms with Gasteiger partial charge < -0.3 is 14.8 Å². The molecule has 0 radical (unpaired) electrons. The lowest BCUT2D eigenvalue weighted by atomic mass is 10.2. The van der Waals surface area contributed by atoms with Crippen LogP contribution in [0.5, 0.6) is 17.2 Å². The second-order valence-electron chi connectivity index (χ2n) is 5.10. The zero-order chi connectivity index (χ0) is 17.6. The van der Waals surface area contributed by atoms with Gasteiger partial charge in [0.25, 0.3) is 5.91 Å². The van der Waals surface area contributed by atoms with Crippen molar-refractivity contribution < 1.29 is 14.3 Å². The van der Waals surface area contributed by atoms with Crippen molar-refractivity contribution in [2.75, 3.05) is 12.4 Å². The van der Waals surface area contributed by atoms with Gasteiger partial charge in [0.05, 0.1) is 12.7 Å². The summed E-state index contributed by atoms with van der Waals surface area (Å²) in [4.78, 5) is 16.1.